The average molecular weight is 524 g/mol. The fraction of sp³-hybridized carbons (Fsp3) is 0.217. The molecular formula is C23H17F5N4O3S. The Hall–Kier alpha value is -3.58. The molecule has 0 amide bonds. The number of H-pyrrole nitrogens is 1. The smallest absolute Gasteiger partial charge is 0.383 e. The molecule has 0 aliphatic heterocycles. The van der Waals surface area contributed by atoms with Crippen molar-refractivity contribution in [1.29, 1.82) is 0 Å². The van der Waals surface area contributed by atoms with Crippen LogP contribution in [0.25, 0.3) is 11.0 Å². The fourth-order valence-corrected chi connectivity index (χ4v) is 5.03. The number of hydrogen-bond acceptors (Lipinski definition) is 5. The Morgan fingerprint density at radius 3 is 2.39 bits per heavy atom. The highest BCUT2D eigenvalue weighted by Gasteiger charge is 2.33. The zero-order chi connectivity index (χ0) is 25.8. The summed E-state index contributed by atoms with van der Waals surface area (Å²) in [6.45, 7) is 0. The number of aromatic amines is 1. The molecule has 1 unspecified atom stereocenters. The molecule has 13 heteroatoms. The van der Waals surface area contributed by atoms with Crippen LogP contribution in [0.4, 0.5) is 27.6 Å². The molecule has 1 saturated carbocycles. The van der Waals surface area contributed by atoms with Gasteiger partial charge in [0, 0.05) is 23.1 Å². The number of fused-ring (bicyclic) bond motifs is 1. The van der Waals surface area contributed by atoms with Gasteiger partial charge in [-0.2, -0.15) is 13.2 Å². The minimum absolute atomic E-state index is 0.119. The van der Waals surface area contributed by atoms with Crippen LogP contribution in [0.15, 0.2) is 53.8 Å². The first-order valence-corrected chi connectivity index (χ1v) is 12.1. The topological polar surface area (TPSA) is 108 Å². The zero-order valence-corrected chi connectivity index (χ0v) is 19.0. The van der Waals surface area contributed by atoms with Crippen LogP contribution in [-0.4, -0.2) is 28.5 Å². The third kappa shape index (κ3) is 4.28. The molecule has 1 aliphatic rings. The number of aliphatic hydroxyl groups is 1. The van der Waals surface area contributed by atoms with Crippen LogP contribution < -0.4 is 4.72 Å². The minimum atomic E-state index is -4.67. The normalized spacial score (nSPS) is 15.3. The first-order valence-electron chi connectivity index (χ1n) is 10.7. The third-order valence-electron chi connectivity index (χ3n) is 5.92. The summed E-state index contributed by atoms with van der Waals surface area (Å²) in [5.74, 6) is -2.37. The average Bonchev–Trinajstić information content (AvgIpc) is 3.58. The molecule has 0 radical (unpaired) electrons. The van der Waals surface area contributed by atoms with Crippen LogP contribution in [0.5, 0.6) is 0 Å². The molecule has 2 aromatic heterocycles. The molecule has 0 spiro atoms. The van der Waals surface area contributed by atoms with Gasteiger partial charge in [0.15, 0.2) is 5.82 Å². The first kappa shape index (κ1) is 24.1. The van der Waals surface area contributed by atoms with E-state index in [0.717, 1.165) is 25.0 Å². The van der Waals surface area contributed by atoms with Crippen molar-refractivity contribution in [2.24, 2.45) is 0 Å². The quantitative estimate of drug-likeness (QED) is 0.307. The predicted octanol–water partition coefficient (Wildman–Crippen LogP) is 5.01. The van der Waals surface area contributed by atoms with Crippen molar-refractivity contribution in [3.05, 3.63) is 82.9 Å². The fourth-order valence-electron chi connectivity index (χ4n) is 3.97. The molecule has 1 aliphatic carbocycles. The van der Waals surface area contributed by atoms with Gasteiger partial charge in [-0.1, -0.05) is 0 Å². The SMILES string of the molecule is O=S(=O)(Nc1ccc(F)c(C(O)c2c[nH]c3ncnc(C4CC4)c23)c1F)c1ccc(C(F)(F)F)cc1. The molecule has 1 fully saturated rings. The molecule has 2 heterocycles. The van der Waals surface area contributed by atoms with Gasteiger partial charge in [0.1, 0.15) is 23.9 Å². The van der Waals surface area contributed by atoms with Gasteiger partial charge in [0.2, 0.25) is 0 Å². The van der Waals surface area contributed by atoms with E-state index in [1.165, 1.54) is 12.5 Å². The summed E-state index contributed by atoms with van der Waals surface area (Å²) in [7, 11) is -4.54. The number of aliphatic hydroxyl groups excluding tert-OH is 1. The van der Waals surface area contributed by atoms with E-state index in [0.29, 0.717) is 41.0 Å². The Morgan fingerprint density at radius 1 is 1.06 bits per heavy atom. The lowest BCUT2D eigenvalue weighted by atomic mass is 9.98. The largest absolute Gasteiger partial charge is 0.416 e. The van der Waals surface area contributed by atoms with E-state index in [-0.39, 0.29) is 11.5 Å². The second kappa shape index (κ2) is 8.52. The highest BCUT2D eigenvalue weighted by atomic mass is 32.2. The van der Waals surface area contributed by atoms with Crippen molar-refractivity contribution in [2.45, 2.75) is 35.9 Å². The third-order valence-corrected chi connectivity index (χ3v) is 7.31. The number of halogens is 5. The number of nitrogens with one attached hydrogen (secondary N) is 2. The van der Waals surface area contributed by atoms with E-state index in [2.05, 4.69) is 15.0 Å². The van der Waals surface area contributed by atoms with Gasteiger partial charge < -0.3 is 10.1 Å². The summed E-state index contributed by atoms with van der Waals surface area (Å²) in [4.78, 5) is 10.6. The molecule has 2 aromatic carbocycles. The van der Waals surface area contributed by atoms with Gasteiger partial charge in [-0.3, -0.25) is 4.72 Å². The first-order chi connectivity index (χ1) is 17.0. The maximum absolute atomic E-state index is 15.4. The standard InChI is InChI=1S/C23H17F5N4O3S/c24-15-7-8-16(32-36(34,35)13-5-3-12(4-6-13)23(26,27)28)19(25)18(15)21(33)14-9-29-22-17(14)20(11-1-2-11)30-10-31-22/h3-11,21,32-33H,1-2H2,(H,29,30,31). The van der Waals surface area contributed by atoms with Crippen LogP contribution in [0.3, 0.4) is 0 Å². The Balaban J connectivity index is 1.51. The lowest BCUT2D eigenvalue weighted by Gasteiger charge is -2.17. The highest BCUT2D eigenvalue weighted by Crippen LogP contribution is 2.44. The molecule has 5 rings (SSSR count). The summed E-state index contributed by atoms with van der Waals surface area (Å²) < 4.78 is 95.7. The maximum Gasteiger partial charge on any atom is 0.416 e. The van der Waals surface area contributed by atoms with E-state index in [4.69, 9.17) is 0 Å². The maximum atomic E-state index is 15.4. The van der Waals surface area contributed by atoms with Crippen molar-refractivity contribution >= 4 is 26.7 Å². The van der Waals surface area contributed by atoms with E-state index in [1.54, 1.807) is 0 Å². The highest BCUT2D eigenvalue weighted by molar-refractivity contribution is 7.92. The monoisotopic (exact) mass is 524 g/mol. The van der Waals surface area contributed by atoms with E-state index < -0.39 is 55.6 Å². The van der Waals surface area contributed by atoms with Gasteiger partial charge in [-0.05, 0) is 49.2 Å². The molecule has 7 nitrogen and oxygen atoms in total. The lowest BCUT2D eigenvalue weighted by molar-refractivity contribution is -0.137. The number of rotatable bonds is 6. The van der Waals surface area contributed by atoms with Crippen molar-refractivity contribution < 1.29 is 35.5 Å². The van der Waals surface area contributed by atoms with Crippen LogP contribution in [0.1, 0.15) is 47.2 Å². The van der Waals surface area contributed by atoms with Gasteiger partial charge in [-0.25, -0.2) is 27.2 Å². The predicted molar refractivity (Wildman–Crippen MR) is 119 cm³/mol. The number of hydrogen-bond donors (Lipinski definition) is 3. The van der Waals surface area contributed by atoms with Crippen molar-refractivity contribution in [2.75, 3.05) is 4.72 Å². The second-order valence-corrected chi connectivity index (χ2v) is 10.0. The van der Waals surface area contributed by atoms with Gasteiger partial charge in [0.25, 0.3) is 10.0 Å². The van der Waals surface area contributed by atoms with Crippen molar-refractivity contribution in [3.8, 4) is 0 Å². The summed E-state index contributed by atoms with van der Waals surface area (Å²) in [5, 5.41) is 11.4. The lowest BCUT2D eigenvalue weighted by Crippen LogP contribution is -2.16. The molecule has 0 saturated heterocycles. The van der Waals surface area contributed by atoms with E-state index in [9.17, 15) is 31.1 Å². The molecule has 3 N–H and O–H groups in total. The number of aromatic nitrogens is 3. The summed E-state index contributed by atoms with van der Waals surface area (Å²) in [6.07, 6.45) is -2.06. The molecule has 36 heavy (non-hydrogen) atoms. The summed E-state index contributed by atoms with van der Waals surface area (Å²) in [5.41, 5.74) is -1.43. The molecule has 1 atom stereocenters. The number of nitrogens with zero attached hydrogens (tertiary/aromatic N) is 2. The van der Waals surface area contributed by atoms with Gasteiger partial charge in [0.05, 0.1) is 27.4 Å². The molecular weight excluding hydrogens is 507 g/mol. The van der Waals surface area contributed by atoms with Crippen LogP contribution >= 0.6 is 0 Å². The zero-order valence-electron chi connectivity index (χ0n) is 18.1. The van der Waals surface area contributed by atoms with Crippen LogP contribution in [-0.2, 0) is 16.2 Å². The number of sulfonamides is 1. The molecule has 4 aromatic rings. The second-order valence-electron chi connectivity index (χ2n) is 8.35. The number of benzene rings is 2. The molecule has 188 valence electrons. The van der Waals surface area contributed by atoms with Gasteiger partial charge in [-0.15, -0.1) is 0 Å². The Labute approximate surface area is 201 Å². The van der Waals surface area contributed by atoms with Crippen LogP contribution in [0.2, 0.25) is 0 Å². The summed E-state index contributed by atoms with van der Waals surface area (Å²) in [6, 6.07) is 4.17. The minimum Gasteiger partial charge on any atom is -0.383 e. The Morgan fingerprint density at radius 2 is 1.75 bits per heavy atom. The van der Waals surface area contributed by atoms with E-state index >= 15 is 4.39 Å². The molecule has 0 bridgehead atoms. The Bertz CT molecular complexity index is 1570. The number of alkyl halides is 3. The van der Waals surface area contributed by atoms with Crippen molar-refractivity contribution in [1.82, 2.24) is 15.0 Å². The Kier molecular flexibility index (Phi) is 5.71. The summed E-state index contributed by atoms with van der Waals surface area (Å²) >= 11 is 0. The number of anilines is 1. The van der Waals surface area contributed by atoms with Gasteiger partial charge >= 0.3 is 6.18 Å². The van der Waals surface area contributed by atoms with E-state index in [1.807, 2.05) is 4.72 Å². The van der Waals surface area contributed by atoms with Crippen molar-refractivity contribution in [3.63, 3.8) is 0 Å². The van der Waals surface area contributed by atoms with Crippen LogP contribution in [0, 0.1) is 11.6 Å².